The van der Waals surface area contributed by atoms with E-state index in [-0.39, 0.29) is 31.5 Å². The molecule has 0 saturated carbocycles. The van der Waals surface area contributed by atoms with Crippen LogP contribution >= 0.6 is 11.3 Å². The maximum Gasteiger partial charge on any atom is 0.407 e. The third-order valence-corrected chi connectivity index (χ3v) is 4.76. The van der Waals surface area contributed by atoms with Crippen molar-refractivity contribution in [2.24, 2.45) is 0 Å². The van der Waals surface area contributed by atoms with Crippen LogP contribution in [-0.4, -0.2) is 37.6 Å². The highest BCUT2D eigenvalue weighted by molar-refractivity contribution is 7.14. The van der Waals surface area contributed by atoms with Gasteiger partial charge in [-0.15, -0.1) is 11.3 Å². The Morgan fingerprint density at radius 3 is 2.32 bits per heavy atom. The summed E-state index contributed by atoms with van der Waals surface area (Å²) in [5.41, 5.74) is 2.07. The molecule has 2 rings (SSSR count). The summed E-state index contributed by atoms with van der Waals surface area (Å²) in [5, 5.41) is 10.2. The second-order valence-electron chi connectivity index (χ2n) is 6.30. The number of benzene rings is 1. The smallest absolute Gasteiger partial charge is 0.407 e. The number of hydrogen-bond donors (Lipinski definition) is 3. The maximum absolute atomic E-state index is 12.5. The highest BCUT2D eigenvalue weighted by Gasteiger charge is 2.16. The summed E-state index contributed by atoms with van der Waals surface area (Å²) in [7, 11) is 0. The van der Waals surface area contributed by atoms with Gasteiger partial charge in [-0.1, -0.05) is 26.0 Å². The van der Waals surface area contributed by atoms with Crippen molar-refractivity contribution in [3.63, 3.8) is 0 Å². The van der Waals surface area contributed by atoms with Gasteiger partial charge < -0.3 is 20.7 Å². The van der Waals surface area contributed by atoms with Crippen LogP contribution in [0.4, 0.5) is 9.80 Å². The first-order valence-corrected chi connectivity index (χ1v) is 9.98. The van der Waals surface area contributed by atoms with Crippen LogP contribution in [0.15, 0.2) is 35.7 Å². The molecule has 0 aliphatic rings. The molecule has 1 heterocycles. The van der Waals surface area contributed by atoms with Crippen molar-refractivity contribution in [1.29, 1.82) is 0 Å². The standard InChI is InChI=1S/C20H25N3O4S/c1-4-27-20(26)22-11-10-21-18(25)16-9-12-28-19(16)23-17(24)15-7-5-14(6-8-15)13(2)3/h5-9,12-13H,4,10-11H2,1-3H3,(H,21,25)(H,22,26)(H,23,24). The first kappa shape index (κ1) is 21.4. The van der Waals surface area contributed by atoms with Crippen molar-refractivity contribution in [2.45, 2.75) is 26.7 Å². The Morgan fingerprint density at radius 2 is 1.68 bits per heavy atom. The average molecular weight is 404 g/mol. The number of rotatable bonds is 8. The summed E-state index contributed by atoms with van der Waals surface area (Å²) in [5.74, 6) is -0.198. The van der Waals surface area contributed by atoms with E-state index < -0.39 is 6.09 Å². The predicted molar refractivity (Wildman–Crippen MR) is 110 cm³/mol. The molecule has 0 bridgehead atoms. The number of hydrogen-bond acceptors (Lipinski definition) is 5. The van der Waals surface area contributed by atoms with Crippen LogP contribution < -0.4 is 16.0 Å². The molecule has 1 aromatic carbocycles. The van der Waals surface area contributed by atoms with Gasteiger partial charge in [-0.3, -0.25) is 9.59 Å². The summed E-state index contributed by atoms with van der Waals surface area (Å²) in [4.78, 5) is 36.0. The largest absolute Gasteiger partial charge is 0.450 e. The molecule has 0 fully saturated rings. The predicted octanol–water partition coefficient (Wildman–Crippen LogP) is 3.60. The minimum absolute atomic E-state index is 0.248. The van der Waals surface area contributed by atoms with Gasteiger partial charge >= 0.3 is 6.09 Å². The topological polar surface area (TPSA) is 96.5 Å². The molecule has 3 amide bonds. The molecule has 0 radical (unpaired) electrons. The summed E-state index contributed by atoms with van der Waals surface area (Å²) >= 11 is 1.28. The van der Waals surface area contributed by atoms with Crippen molar-refractivity contribution < 1.29 is 19.1 Å². The zero-order chi connectivity index (χ0) is 20.5. The van der Waals surface area contributed by atoms with Crippen molar-refractivity contribution in [3.05, 3.63) is 52.4 Å². The molecule has 0 saturated heterocycles. The number of amides is 3. The zero-order valence-electron chi connectivity index (χ0n) is 16.2. The molecule has 7 nitrogen and oxygen atoms in total. The third kappa shape index (κ3) is 6.09. The maximum atomic E-state index is 12.5. The lowest BCUT2D eigenvalue weighted by atomic mass is 10.0. The number of ether oxygens (including phenoxy) is 1. The van der Waals surface area contributed by atoms with Crippen molar-refractivity contribution in [2.75, 3.05) is 25.0 Å². The van der Waals surface area contributed by atoms with Gasteiger partial charge in [0.15, 0.2) is 0 Å². The van der Waals surface area contributed by atoms with E-state index in [1.807, 2.05) is 12.1 Å². The molecule has 150 valence electrons. The molecular weight excluding hydrogens is 378 g/mol. The van der Waals surface area contributed by atoms with Crippen LogP contribution in [0.2, 0.25) is 0 Å². The fraction of sp³-hybridized carbons (Fsp3) is 0.350. The van der Waals surface area contributed by atoms with Crippen LogP contribution in [-0.2, 0) is 4.74 Å². The van der Waals surface area contributed by atoms with Gasteiger partial charge in [-0.05, 0) is 42.0 Å². The van der Waals surface area contributed by atoms with E-state index in [2.05, 4.69) is 29.8 Å². The van der Waals surface area contributed by atoms with Gasteiger partial charge in [-0.25, -0.2) is 4.79 Å². The van der Waals surface area contributed by atoms with Crippen LogP contribution in [0.3, 0.4) is 0 Å². The van der Waals surface area contributed by atoms with Crippen LogP contribution in [0, 0.1) is 0 Å². The molecule has 2 aromatic rings. The normalized spacial score (nSPS) is 10.4. The Balaban J connectivity index is 1.90. The minimum Gasteiger partial charge on any atom is -0.450 e. The SMILES string of the molecule is CCOC(=O)NCCNC(=O)c1ccsc1NC(=O)c1ccc(C(C)C)cc1. The van der Waals surface area contributed by atoms with E-state index in [1.54, 1.807) is 30.5 Å². The highest BCUT2D eigenvalue weighted by atomic mass is 32.1. The van der Waals surface area contributed by atoms with E-state index in [1.165, 1.54) is 11.3 Å². The first-order valence-electron chi connectivity index (χ1n) is 9.10. The molecule has 28 heavy (non-hydrogen) atoms. The Labute approximate surface area is 168 Å². The molecule has 0 unspecified atom stereocenters. The molecule has 0 aliphatic heterocycles. The lowest BCUT2D eigenvalue weighted by Crippen LogP contribution is -2.35. The number of carbonyl (C=O) groups excluding carboxylic acids is 3. The van der Waals surface area contributed by atoms with Crippen LogP contribution in [0.5, 0.6) is 0 Å². The molecule has 0 spiro atoms. The van der Waals surface area contributed by atoms with Crippen LogP contribution in [0.1, 0.15) is 53.0 Å². The third-order valence-electron chi connectivity index (χ3n) is 3.93. The molecule has 8 heteroatoms. The quantitative estimate of drug-likeness (QED) is 0.587. The van der Waals surface area contributed by atoms with Crippen molar-refractivity contribution in [3.8, 4) is 0 Å². The monoisotopic (exact) mass is 403 g/mol. The Hall–Kier alpha value is -2.87. The van der Waals surface area contributed by atoms with Gasteiger partial charge in [0, 0.05) is 18.7 Å². The Kier molecular flexibility index (Phi) is 8.01. The van der Waals surface area contributed by atoms with Gasteiger partial charge in [0.05, 0.1) is 12.2 Å². The fourth-order valence-electron chi connectivity index (χ4n) is 2.40. The van der Waals surface area contributed by atoms with Gasteiger partial charge in [0.2, 0.25) is 0 Å². The summed E-state index contributed by atoms with van der Waals surface area (Å²) in [6.07, 6.45) is -0.524. The first-order chi connectivity index (χ1) is 13.4. The number of alkyl carbamates (subject to hydrolysis) is 1. The molecule has 3 N–H and O–H groups in total. The fourth-order valence-corrected chi connectivity index (χ4v) is 3.18. The molecular formula is C20H25N3O4S. The Morgan fingerprint density at radius 1 is 1.00 bits per heavy atom. The second-order valence-corrected chi connectivity index (χ2v) is 7.21. The van der Waals surface area contributed by atoms with E-state index in [0.717, 1.165) is 5.56 Å². The summed E-state index contributed by atoms with van der Waals surface area (Å²) in [6.45, 7) is 6.68. The van der Waals surface area contributed by atoms with Crippen molar-refractivity contribution >= 4 is 34.2 Å². The number of nitrogens with one attached hydrogen (secondary N) is 3. The molecule has 1 aromatic heterocycles. The lowest BCUT2D eigenvalue weighted by molar-refractivity contribution is 0.0953. The van der Waals surface area contributed by atoms with Gasteiger partial charge in [0.25, 0.3) is 11.8 Å². The minimum atomic E-state index is -0.524. The van der Waals surface area contributed by atoms with Crippen molar-refractivity contribution in [1.82, 2.24) is 10.6 Å². The zero-order valence-corrected chi connectivity index (χ0v) is 17.0. The number of anilines is 1. The van der Waals surface area contributed by atoms with E-state index in [0.29, 0.717) is 22.0 Å². The van der Waals surface area contributed by atoms with Crippen LogP contribution in [0.25, 0.3) is 0 Å². The Bertz CT molecular complexity index is 815. The van der Waals surface area contributed by atoms with E-state index in [9.17, 15) is 14.4 Å². The number of carbonyl (C=O) groups is 3. The lowest BCUT2D eigenvalue weighted by Gasteiger charge is -2.09. The second kappa shape index (κ2) is 10.5. The molecule has 0 atom stereocenters. The van der Waals surface area contributed by atoms with Gasteiger partial charge in [0.1, 0.15) is 5.00 Å². The van der Waals surface area contributed by atoms with E-state index in [4.69, 9.17) is 4.74 Å². The summed E-state index contributed by atoms with van der Waals surface area (Å²) in [6, 6.07) is 9.06. The summed E-state index contributed by atoms with van der Waals surface area (Å²) < 4.78 is 4.74. The highest BCUT2D eigenvalue weighted by Crippen LogP contribution is 2.24. The van der Waals surface area contributed by atoms with Gasteiger partial charge in [-0.2, -0.15) is 0 Å². The molecule has 0 aliphatic carbocycles. The van der Waals surface area contributed by atoms with E-state index >= 15 is 0 Å². The average Bonchev–Trinajstić information content (AvgIpc) is 3.13. The number of thiophene rings is 1.